The lowest BCUT2D eigenvalue weighted by Gasteiger charge is -2.11. The predicted octanol–water partition coefficient (Wildman–Crippen LogP) is 2.74. The maximum atomic E-state index is 5.24. The van der Waals surface area contributed by atoms with E-state index in [1.165, 1.54) is 0 Å². The highest BCUT2D eigenvalue weighted by Crippen LogP contribution is 2.33. The Morgan fingerprint density at radius 3 is 2.38 bits per heavy atom. The van der Waals surface area contributed by atoms with Gasteiger partial charge in [0.2, 0.25) is 0 Å². The molecule has 0 aliphatic rings. The molecule has 0 radical (unpaired) electrons. The monoisotopic (exact) mass is 178 g/mol. The van der Waals surface area contributed by atoms with Gasteiger partial charge in [-0.1, -0.05) is 18.7 Å². The molecule has 0 heterocycles. The Morgan fingerprint density at radius 2 is 1.92 bits per heavy atom. The van der Waals surface area contributed by atoms with Gasteiger partial charge >= 0.3 is 0 Å². The van der Waals surface area contributed by atoms with E-state index >= 15 is 0 Å². The summed E-state index contributed by atoms with van der Waals surface area (Å²) in [5.74, 6) is 1.49. The molecule has 1 aromatic rings. The van der Waals surface area contributed by atoms with Gasteiger partial charge in [-0.25, -0.2) is 0 Å². The number of para-hydroxylation sites is 1. The van der Waals surface area contributed by atoms with Gasteiger partial charge in [-0.15, -0.1) is 0 Å². The Kier molecular flexibility index (Phi) is 2.96. The van der Waals surface area contributed by atoms with Crippen molar-refractivity contribution in [3.63, 3.8) is 0 Å². The van der Waals surface area contributed by atoms with E-state index < -0.39 is 0 Å². The molecule has 13 heavy (non-hydrogen) atoms. The molecule has 0 saturated carbocycles. The van der Waals surface area contributed by atoms with Crippen LogP contribution in [0.5, 0.6) is 11.5 Å². The molecule has 0 amide bonds. The van der Waals surface area contributed by atoms with Crippen molar-refractivity contribution in [3.05, 3.63) is 30.3 Å². The van der Waals surface area contributed by atoms with Crippen LogP contribution in [0.25, 0.3) is 5.57 Å². The Labute approximate surface area is 78.8 Å². The lowest BCUT2D eigenvalue weighted by molar-refractivity contribution is 0.354. The molecule has 0 bridgehead atoms. The van der Waals surface area contributed by atoms with Crippen molar-refractivity contribution in [2.24, 2.45) is 0 Å². The van der Waals surface area contributed by atoms with Crippen LogP contribution in [0.3, 0.4) is 0 Å². The van der Waals surface area contributed by atoms with Crippen molar-refractivity contribution >= 4 is 5.57 Å². The predicted molar refractivity (Wildman–Crippen MR) is 54.3 cm³/mol. The van der Waals surface area contributed by atoms with Crippen LogP contribution < -0.4 is 9.47 Å². The number of methoxy groups -OCH3 is 2. The molecule has 0 fully saturated rings. The van der Waals surface area contributed by atoms with Crippen LogP contribution in [0.15, 0.2) is 24.8 Å². The molecule has 0 unspecified atom stereocenters. The zero-order chi connectivity index (χ0) is 9.84. The first kappa shape index (κ1) is 9.65. The number of hydrogen-bond donors (Lipinski definition) is 0. The van der Waals surface area contributed by atoms with Crippen LogP contribution in [0, 0.1) is 0 Å². The fourth-order valence-electron chi connectivity index (χ4n) is 1.22. The molecule has 1 aromatic carbocycles. The third-order valence-corrected chi connectivity index (χ3v) is 1.86. The van der Waals surface area contributed by atoms with Crippen LogP contribution in [-0.2, 0) is 0 Å². The summed E-state index contributed by atoms with van der Waals surface area (Å²) in [6.07, 6.45) is 0. The Balaban J connectivity index is 3.27. The quantitative estimate of drug-likeness (QED) is 0.708. The number of hydrogen-bond acceptors (Lipinski definition) is 2. The standard InChI is InChI=1S/C11H14O2/c1-8(2)9-6-5-7-10(12-3)11(9)13-4/h5-7H,1H2,2-4H3. The lowest BCUT2D eigenvalue weighted by atomic mass is 10.1. The van der Waals surface area contributed by atoms with E-state index in [0.717, 1.165) is 22.6 Å². The minimum absolute atomic E-state index is 0.739. The number of benzene rings is 1. The molecule has 0 atom stereocenters. The first-order valence-corrected chi connectivity index (χ1v) is 4.07. The minimum atomic E-state index is 0.739. The molecule has 2 heteroatoms. The van der Waals surface area contributed by atoms with E-state index in [9.17, 15) is 0 Å². The average molecular weight is 178 g/mol. The van der Waals surface area contributed by atoms with Gasteiger partial charge in [-0.3, -0.25) is 0 Å². The van der Waals surface area contributed by atoms with E-state index in [-0.39, 0.29) is 0 Å². The zero-order valence-electron chi connectivity index (χ0n) is 8.26. The van der Waals surface area contributed by atoms with Crippen molar-refractivity contribution in [1.29, 1.82) is 0 Å². The molecular weight excluding hydrogens is 164 g/mol. The highest BCUT2D eigenvalue weighted by molar-refractivity contribution is 5.70. The Bertz CT molecular complexity index is 316. The summed E-state index contributed by atoms with van der Waals surface area (Å²) in [5.41, 5.74) is 1.96. The largest absolute Gasteiger partial charge is 0.493 e. The molecule has 0 aliphatic carbocycles. The second kappa shape index (κ2) is 3.99. The van der Waals surface area contributed by atoms with Gasteiger partial charge in [0, 0.05) is 5.56 Å². The smallest absolute Gasteiger partial charge is 0.168 e. The van der Waals surface area contributed by atoms with Crippen molar-refractivity contribution in [1.82, 2.24) is 0 Å². The van der Waals surface area contributed by atoms with E-state index in [4.69, 9.17) is 9.47 Å². The second-order valence-electron chi connectivity index (χ2n) is 2.82. The molecule has 0 aliphatic heterocycles. The fourth-order valence-corrected chi connectivity index (χ4v) is 1.22. The van der Waals surface area contributed by atoms with Crippen molar-refractivity contribution < 1.29 is 9.47 Å². The zero-order valence-corrected chi connectivity index (χ0v) is 8.26. The molecular formula is C11H14O2. The summed E-state index contributed by atoms with van der Waals surface area (Å²) in [5, 5.41) is 0. The average Bonchev–Trinajstić information content (AvgIpc) is 2.16. The molecule has 2 nitrogen and oxygen atoms in total. The van der Waals surface area contributed by atoms with E-state index in [2.05, 4.69) is 6.58 Å². The molecule has 1 rings (SSSR count). The molecule has 0 saturated heterocycles. The van der Waals surface area contributed by atoms with Gasteiger partial charge in [0.1, 0.15) is 0 Å². The van der Waals surface area contributed by atoms with Crippen LogP contribution in [0.4, 0.5) is 0 Å². The highest BCUT2D eigenvalue weighted by Gasteiger charge is 2.08. The van der Waals surface area contributed by atoms with Crippen LogP contribution >= 0.6 is 0 Å². The fraction of sp³-hybridized carbons (Fsp3) is 0.273. The van der Waals surface area contributed by atoms with Gasteiger partial charge in [-0.2, -0.15) is 0 Å². The lowest BCUT2D eigenvalue weighted by Crippen LogP contribution is -1.93. The van der Waals surface area contributed by atoms with Gasteiger partial charge < -0.3 is 9.47 Å². The van der Waals surface area contributed by atoms with Crippen LogP contribution in [0.2, 0.25) is 0 Å². The maximum absolute atomic E-state index is 5.24. The van der Waals surface area contributed by atoms with Crippen molar-refractivity contribution in [3.8, 4) is 11.5 Å². The SMILES string of the molecule is C=C(C)c1cccc(OC)c1OC. The summed E-state index contributed by atoms with van der Waals surface area (Å²) in [6, 6.07) is 5.75. The van der Waals surface area contributed by atoms with Crippen LogP contribution in [-0.4, -0.2) is 14.2 Å². The first-order valence-electron chi connectivity index (χ1n) is 4.07. The van der Waals surface area contributed by atoms with Gasteiger partial charge in [0.15, 0.2) is 11.5 Å². The third-order valence-electron chi connectivity index (χ3n) is 1.86. The molecule has 70 valence electrons. The summed E-state index contributed by atoms with van der Waals surface area (Å²) in [4.78, 5) is 0. The van der Waals surface area contributed by atoms with E-state index in [0.29, 0.717) is 0 Å². The summed E-state index contributed by atoms with van der Waals surface area (Å²) >= 11 is 0. The summed E-state index contributed by atoms with van der Waals surface area (Å²) in [6.45, 7) is 5.82. The Hall–Kier alpha value is -1.44. The number of ether oxygens (including phenoxy) is 2. The van der Waals surface area contributed by atoms with Crippen molar-refractivity contribution in [2.75, 3.05) is 14.2 Å². The number of rotatable bonds is 3. The first-order chi connectivity index (χ1) is 6.20. The van der Waals surface area contributed by atoms with Gasteiger partial charge in [0.05, 0.1) is 14.2 Å². The third kappa shape index (κ3) is 1.83. The Morgan fingerprint density at radius 1 is 1.23 bits per heavy atom. The summed E-state index contributed by atoms with van der Waals surface area (Å²) < 4.78 is 10.4. The number of allylic oxidation sites excluding steroid dienone is 1. The minimum Gasteiger partial charge on any atom is -0.493 e. The van der Waals surface area contributed by atoms with Gasteiger partial charge in [-0.05, 0) is 18.6 Å². The van der Waals surface area contributed by atoms with Gasteiger partial charge in [0.25, 0.3) is 0 Å². The van der Waals surface area contributed by atoms with Crippen LogP contribution in [0.1, 0.15) is 12.5 Å². The van der Waals surface area contributed by atoms with Crippen molar-refractivity contribution in [2.45, 2.75) is 6.92 Å². The molecule has 0 aromatic heterocycles. The van der Waals surface area contributed by atoms with E-state index in [1.54, 1.807) is 14.2 Å². The highest BCUT2D eigenvalue weighted by atomic mass is 16.5. The van der Waals surface area contributed by atoms with E-state index in [1.807, 2.05) is 25.1 Å². The molecule has 0 spiro atoms. The summed E-state index contributed by atoms with van der Waals surface area (Å²) in [7, 11) is 3.25. The second-order valence-corrected chi connectivity index (χ2v) is 2.82. The molecule has 0 N–H and O–H groups in total. The normalized spacial score (nSPS) is 9.46. The topological polar surface area (TPSA) is 18.5 Å². The maximum Gasteiger partial charge on any atom is 0.168 e.